The third-order valence-corrected chi connectivity index (χ3v) is 1.85. The molecule has 1 heterocycles. The lowest BCUT2D eigenvalue weighted by molar-refractivity contribution is -0.141. The van der Waals surface area contributed by atoms with Gasteiger partial charge in [-0.05, 0) is 0 Å². The van der Waals surface area contributed by atoms with Gasteiger partial charge in [0.15, 0.2) is 0 Å². The lowest BCUT2D eigenvalue weighted by atomic mass is 10.0. The van der Waals surface area contributed by atoms with Crippen LogP contribution in [0.1, 0.15) is 23.8 Å². The lowest BCUT2D eigenvalue weighted by Crippen LogP contribution is -2.22. The molecular weight excluding hydrogens is 202 g/mol. The fourth-order valence-electron chi connectivity index (χ4n) is 1.11. The zero-order valence-corrected chi connectivity index (χ0v) is 7.58. The predicted octanol–water partition coefficient (Wildman–Crippen LogP) is -0.850. The smallest absolute Gasteiger partial charge is 0.306 e. The van der Waals surface area contributed by atoms with Crippen molar-refractivity contribution in [1.29, 1.82) is 5.26 Å². The minimum absolute atomic E-state index is 0.00642. The summed E-state index contributed by atoms with van der Waals surface area (Å²) in [5.74, 6) is -1.23. The van der Waals surface area contributed by atoms with Crippen molar-refractivity contribution < 1.29 is 20.1 Å². The molecule has 0 aliphatic heterocycles. The lowest BCUT2D eigenvalue weighted by Gasteiger charge is -2.14. The second-order valence-electron chi connectivity index (χ2n) is 2.92. The normalized spacial score (nSPS) is 14.2. The van der Waals surface area contributed by atoms with E-state index < -0.39 is 24.6 Å². The average molecular weight is 211 g/mol. The van der Waals surface area contributed by atoms with E-state index in [0.29, 0.717) is 0 Å². The maximum atomic E-state index is 10.3. The Labute approximate surface area is 84.6 Å². The van der Waals surface area contributed by atoms with E-state index in [1.54, 1.807) is 6.07 Å². The summed E-state index contributed by atoms with van der Waals surface area (Å²) in [5.41, 5.74) is 0.0955. The molecule has 2 atom stereocenters. The zero-order valence-electron chi connectivity index (χ0n) is 7.58. The summed E-state index contributed by atoms with van der Waals surface area (Å²) in [5, 5.41) is 41.6. The molecule has 0 aromatic carbocycles. The van der Waals surface area contributed by atoms with Crippen molar-refractivity contribution in [3.8, 4) is 6.07 Å². The van der Waals surface area contributed by atoms with Crippen molar-refractivity contribution in [1.82, 2.24) is 10.2 Å². The number of carbonyl (C=O) groups is 1. The fourth-order valence-corrected chi connectivity index (χ4v) is 1.11. The third kappa shape index (κ3) is 2.52. The number of hydrogen-bond donors (Lipinski definition) is 4. The van der Waals surface area contributed by atoms with Crippen molar-refractivity contribution >= 4 is 5.97 Å². The van der Waals surface area contributed by atoms with Crippen LogP contribution in [0.25, 0.3) is 0 Å². The molecule has 0 aliphatic rings. The maximum absolute atomic E-state index is 10.3. The Morgan fingerprint density at radius 3 is 2.87 bits per heavy atom. The number of aromatic amines is 1. The minimum Gasteiger partial charge on any atom is -0.481 e. The zero-order chi connectivity index (χ0) is 11.4. The van der Waals surface area contributed by atoms with Gasteiger partial charge < -0.3 is 15.3 Å². The summed E-state index contributed by atoms with van der Waals surface area (Å²) in [6.07, 6.45) is -2.33. The summed E-state index contributed by atoms with van der Waals surface area (Å²) < 4.78 is 0. The van der Waals surface area contributed by atoms with Crippen molar-refractivity contribution in [2.24, 2.45) is 0 Å². The number of aromatic nitrogens is 2. The van der Waals surface area contributed by atoms with Gasteiger partial charge in [-0.3, -0.25) is 9.89 Å². The monoisotopic (exact) mass is 211 g/mol. The van der Waals surface area contributed by atoms with Crippen molar-refractivity contribution in [3.63, 3.8) is 0 Å². The summed E-state index contributed by atoms with van der Waals surface area (Å²) in [6.45, 7) is 0. The van der Waals surface area contributed by atoms with Crippen LogP contribution in [0.5, 0.6) is 0 Å². The van der Waals surface area contributed by atoms with Crippen LogP contribution in [0.4, 0.5) is 0 Å². The molecule has 0 bridgehead atoms. The van der Waals surface area contributed by atoms with Gasteiger partial charge in [0, 0.05) is 5.56 Å². The Morgan fingerprint density at radius 1 is 1.67 bits per heavy atom. The molecule has 0 saturated carbocycles. The van der Waals surface area contributed by atoms with Gasteiger partial charge in [0.25, 0.3) is 0 Å². The number of H-pyrrole nitrogens is 1. The number of carboxylic acids is 1. The second-order valence-corrected chi connectivity index (χ2v) is 2.92. The Morgan fingerprint density at radius 2 is 2.33 bits per heavy atom. The van der Waals surface area contributed by atoms with Crippen LogP contribution >= 0.6 is 0 Å². The summed E-state index contributed by atoms with van der Waals surface area (Å²) in [7, 11) is 0. The second kappa shape index (κ2) is 4.54. The molecule has 1 aromatic rings. The van der Waals surface area contributed by atoms with Crippen LogP contribution in [0.3, 0.4) is 0 Å². The largest absolute Gasteiger partial charge is 0.481 e. The predicted molar refractivity (Wildman–Crippen MR) is 46.5 cm³/mol. The minimum atomic E-state index is -1.47. The van der Waals surface area contributed by atoms with Gasteiger partial charge in [0.2, 0.25) is 0 Å². The molecule has 0 amide bonds. The summed E-state index contributed by atoms with van der Waals surface area (Å²) in [6, 6.07) is 1.73. The van der Waals surface area contributed by atoms with E-state index in [1.807, 2.05) is 0 Å². The first kappa shape index (κ1) is 11.2. The van der Waals surface area contributed by atoms with Crippen molar-refractivity contribution in [3.05, 3.63) is 17.5 Å². The molecule has 1 aromatic heterocycles. The standard InChI is InChI=1S/C8H9N3O4/c9-2-5-4(3-10-11-5)8(15)6(12)1-7(13)14/h3,6,8,12,15H,1H2,(H,10,11)(H,13,14). The van der Waals surface area contributed by atoms with E-state index in [9.17, 15) is 15.0 Å². The first-order valence-corrected chi connectivity index (χ1v) is 4.07. The molecule has 0 spiro atoms. The van der Waals surface area contributed by atoms with Crippen LogP contribution in [0.2, 0.25) is 0 Å². The molecule has 1 rings (SSSR count). The molecule has 2 unspecified atom stereocenters. The molecule has 0 radical (unpaired) electrons. The number of aliphatic hydroxyl groups is 2. The van der Waals surface area contributed by atoms with Gasteiger partial charge >= 0.3 is 5.97 Å². The van der Waals surface area contributed by atoms with Gasteiger partial charge in [-0.2, -0.15) is 10.4 Å². The van der Waals surface area contributed by atoms with Crippen LogP contribution < -0.4 is 0 Å². The van der Waals surface area contributed by atoms with Gasteiger partial charge in [-0.1, -0.05) is 0 Å². The van der Waals surface area contributed by atoms with Crippen LogP contribution in [-0.4, -0.2) is 37.6 Å². The number of nitriles is 1. The molecule has 4 N–H and O–H groups in total. The first-order valence-electron chi connectivity index (χ1n) is 4.07. The highest BCUT2D eigenvalue weighted by atomic mass is 16.4. The Bertz CT molecular complexity index is 395. The summed E-state index contributed by atoms with van der Waals surface area (Å²) in [4.78, 5) is 10.3. The van der Waals surface area contributed by atoms with E-state index in [0.717, 1.165) is 0 Å². The molecule has 0 aliphatic carbocycles. The van der Waals surface area contributed by atoms with E-state index in [-0.39, 0.29) is 11.3 Å². The highest BCUT2D eigenvalue weighted by Crippen LogP contribution is 2.20. The van der Waals surface area contributed by atoms with Gasteiger partial charge in [-0.15, -0.1) is 0 Å². The number of nitrogens with one attached hydrogen (secondary N) is 1. The number of aliphatic carboxylic acids is 1. The molecule has 0 saturated heterocycles. The first-order chi connectivity index (χ1) is 7.06. The highest BCUT2D eigenvalue weighted by molar-refractivity contribution is 5.67. The van der Waals surface area contributed by atoms with E-state index in [4.69, 9.17) is 10.4 Å². The molecular formula is C8H9N3O4. The van der Waals surface area contributed by atoms with Crippen molar-refractivity contribution in [2.75, 3.05) is 0 Å². The van der Waals surface area contributed by atoms with Crippen molar-refractivity contribution in [2.45, 2.75) is 18.6 Å². The maximum Gasteiger partial charge on any atom is 0.306 e. The molecule has 0 fully saturated rings. The Balaban J connectivity index is 2.80. The summed E-state index contributed by atoms with van der Waals surface area (Å²) >= 11 is 0. The molecule has 80 valence electrons. The molecule has 7 heteroatoms. The van der Waals surface area contributed by atoms with E-state index in [2.05, 4.69) is 10.2 Å². The number of aliphatic hydroxyl groups excluding tert-OH is 2. The average Bonchev–Trinajstić information content (AvgIpc) is 2.62. The van der Waals surface area contributed by atoms with E-state index in [1.165, 1.54) is 6.20 Å². The number of hydrogen-bond acceptors (Lipinski definition) is 5. The van der Waals surface area contributed by atoms with Crippen LogP contribution in [0.15, 0.2) is 6.20 Å². The van der Waals surface area contributed by atoms with Gasteiger partial charge in [-0.25, -0.2) is 0 Å². The van der Waals surface area contributed by atoms with Gasteiger partial charge in [0.05, 0.1) is 18.7 Å². The van der Waals surface area contributed by atoms with Crippen LogP contribution in [0, 0.1) is 11.3 Å². The third-order valence-electron chi connectivity index (χ3n) is 1.85. The topological polar surface area (TPSA) is 130 Å². The SMILES string of the molecule is N#Cc1[nH]ncc1C(O)C(O)CC(=O)O. The highest BCUT2D eigenvalue weighted by Gasteiger charge is 2.24. The number of nitrogens with zero attached hydrogens (tertiary/aromatic N) is 2. The molecule has 15 heavy (non-hydrogen) atoms. The Kier molecular flexibility index (Phi) is 3.38. The van der Waals surface area contributed by atoms with Crippen LogP contribution in [-0.2, 0) is 4.79 Å². The van der Waals surface area contributed by atoms with E-state index >= 15 is 0 Å². The number of rotatable bonds is 4. The Hall–Kier alpha value is -1.91. The van der Waals surface area contributed by atoms with Gasteiger partial charge in [0.1, 0.15) is 17.9 Å². The quantitative estimate of drug-likeness (QED) is 0.513. The number of carboxylic acid groups (broad SMARTS) is 1. The molecule has 7 nitrogen and oxygen atoms in total. The fraction of sp³-hybridized carbons (Fsp3) is 0.375.